The maximum Gasteiger partial charge on any atom is 0.166 e. The predicted molar refractivity (Wildman–Crippen MR) is 81.1 cm³/mol. The molecule has 4 heteroatoms. The molecule has 2 rings (SSSR count). The first-order valence-electron chi connectivity index (χ1n) is 6.67. The molecule has 1 radical (unpaired) electrons. The van der Waals surface area contributed by atoms with Crippen LogP contribution in [0.25, 0.3) is 0 Å². The molecule has 109 valence electrons. The van der Waals surface area contributed by atoms with Crippen molar-refractivity contribution in [1.29, 1.82) is 0 Å². The molecule has 1 aromatic rings. The Kier molecular flexibility index (Phi) is 4.89. The third-order valence-electron chi connectivity index (χ3n) is 3.14. The fraction of sp³-hybridized carbons (Fsp3) is 0.294. The summed E-state index contributed by atoms with van der Waals surface area (Å²) in [6.07, 6.45) is 3.35. The molecular formula is C17H18NO3. The Morgan fingerprint density at radius 2 is 1.81 bits per heavy atom. The van der Waals surface area contributed by atoms with E-state index in [1.165, 1.54) is 0 Å². The third kappa shape index (κ3) is 3.79. The molecule has 4 nitrogen and oxygen atoms in total. The molecule has 0 aromatic heterocycles. The Morgan fingerprint density at radius 3 is 2.33 bits per heavy atom. The van der Waals surface area contributed by atoms with Crippen molar-refractivity contribution in [3.05, 3.63) is 41.8 Å². The van der Waals surface area contributed by atoms with Crippen LogP contribution in [0.3, 0.4) is 0 Å². The second kappa shape index (κ2) is 6.85. The lowest BCUT2D eigenvalue weighted by Crippen LogP contribution is -2.45. The van der Waals surface area contributed by atoms with Crippen molar-refractivity contribution in [2.45, 2.75) is 6.92 Å². The van der Waals surface area contributed by atoms with E-state index in [0.717, 1.165) is 11.5 Å². The Hall–Kier alpha value is -2.41. The number of likely N-dealkylation sites (tertiary alicyclic amines) is 1. The topological polar surface area (TPSA) is 38.8 Å². The van der Waals surface area contributed by atoms with Crippen LogP contribution in [0.15, 0.2) is 30.4 Å². The summed E-state index contributed by atoms with van der Waals surface area (Å²) in [5, 5.41) is 0. The lowest BCUT2D eigenvalue weighted by molar-refractivity contribution is -0.114. The Labute approximate surface area is 125 Å². The molecule has 0 amide bonds. The van der Waals surface area contributed by atoms with Gasteiger partial charge in [0.25, 0.3) is 0 Å². The Morgan fingerprint density at radius 1 is 1.19 bits per heavy atom. The van der Waals surface area contributed by atoms with Gasteiger partial charge in [0.15, 0.2) is 5.78 Å². The van der Waals surface area contributed by atoms with Crippen LogP contribution in [0.5, 0.6) is 11.5 Å². The van der Waals surface area contributed by atoms with Gasteiger partial charge in [-0.15, -0.1) is 0 Å². The average Bonchev–Trinajstić information content (AvgIpc) is 2.45. The first-order valence-corrected chi connectivity index (χ1v) is 6.67. The van der Waals surface area contributed by atoms with E-state index in [4.69, 9.17) is 9.47 Å². The van der Waals surface area contributed by atoms with Crippen LogP contribution >= 0.6 is 0 Å². The molecule has 0 aliphatic carbocycles. The van der Waals surface area contributed by atoms with Gasteiger partial charge in [-0.2, -0.15) is 0 Å². The van der Waals surface area contributed by atoms with Crippen molar-refractivity contribution in [1.82, 2.24) is 4.90 Å². The second-order valence-electron chi connectivity index (χ2n) is 4.66. The van der Waals surface area contributed by atoms with Crippen LogP contribution in [-0.4, -0.2) is 38.0 Å². The van der Waals surface area contributed by atoms with Gasteiger partial charge in [0, 0.05) is 30.8 Å². The number of ether oxygens (including phenoxy) is 2. The van der Waals surface area contributed by atoms with Crippen molar-refractivity contribution in [3.63, 3.8) is 0 Å². The number of carbonyl (C=O) groups is 1. The quantitative estimate of drug-likeness (QED) is 0.626. The first-order chi connectivity index (χ1) is 10.2. The highest BCUT2D eigenvalue weighted by Gasteiger charge is 2.30. The summed E-state index contributed by atoms with van der Waals surface area (Å²) in [6, 6.07) is 8.55. The van der Waals surface area contributed by atoms with Gasteiger partial charge >= 0.3 is 0 Å². The SMILES string of the molecule is C/C=C/C(=O)[C]1CN(C#Cc2cc(OC)cc(OC)c2)C1. The lowest BCUT2D eigenvalue weighted by atomic mass is 9.95. The van der Waals surface area contributed by atoms with Crippen LogP contribution in [0, 0.1) is 17.9 Å². The van der Waals surface area contributed by atoms with E-state index in [2.05, 4.69) is 12.0 Å². The number of rotatable bonds is 4. The van der Waals surface area contributed by atoms with Crippen LogP contribution < -0.4 is 9.47 Å². The summed E-state index contributed by atoms with van der Waals surface area (Å²) in [5.74, 6) is 5.46. The van der Waals surface area contributed by atoms with Gasteiger partial charge in [-0.05, 0) is 31.1 Å². The van der Waals surface area contributed by atoms with Gasteiger partial charge in [-0.1, -0.05) is 6.08 Å². The molecule has 0 bridgehead atoms. The number of hydrogen-bond donors (Lipinski definition) is 0. The third-order valence-corrected chi connectivity index (χ3v) is 3.14. The van der Waals surface area contributed by atoms with Gasteiger partial charge in [0.1, 0.15) is 11.5 Å². The van der Waals surface area contributed by atoms with Gasteiger partial charge in [0.2, 0.25) is 0 Å². The highest BCUT2D eigenvalue weighted by molar-refractivity contribution is 6.02. The van der Waals surface area contributed by atoms with Gasteiger partial charge < -0.3 is 14.4 Å². The molecule has 1 aromatic carbocycles. The number of allylic oxidation sites excluding steroid dienone is 2. The minimum atomic E-state index is 0.0959. The highest BCUT2D eigenvalue weighted by Crippen LogP contribution is 2.22. The van der Waals surface area contributed by atoms with E-state index in [0.29, 0.717) is 24.6 Å². The fourth-order valence-corrected chi connectivity index (χ4v) is 1.94. The average molecular weight is 284 g/mol. The molecule has 1 heterocycles. The maximum absolute atomic E-state index is 11.6. The van der Waals surface area contributed by atoms with Crippen LogP contribution in [-0.2, 0) is 4.79 Å². The van der Waals surface area contributed by atoms with Crippen molar-refractivity contribution >= 4 is 5.78 Å². The molecule has 0 saturated carbocycles. The number of nitrogens with zero attached hydrogens (tertiary/aromatic N) is 1. The zero-order chi connectivity index (χ0) is 15.2. The fourth-order valence-electron chi connectivity index (χ4n) is 1.94. The summed E-state index contributed by atoms with van der Waals surface area (Å²) < 4.78 is 10.4. The molecule has 1 aliphatic rings. The monoisotopic (exact) mass is 284 g/mol. The molecule has 1 fully saturated rings. The minimum Gasteiger partial charge on any atom is -0.497 e. The zero-order valence-electron chi connectivity index (χ0n) is 12.5. The highest BCUT2D eigenvalue weighted by atomic mass is 16.5. The summed E-state index contributed by atoms with van der Waals surface area (Å²) in [4.78, 5) is 13.5. The lowest BCUT2D eigenvalue weighted by Gasteiger charge is -2.33. The largest absolute Gasteiger partial charge is 0.497 e. The number of ketones is 1. The van der Waals surface area contributed by atoms with Crippen LogP contribution in [0.1, 0.15) is 12.5 Å². The van der Waals surface area contributed by atoms with Crippen LogP contribution in [0.4, 0.5) is 0 Å². The van der Waals surface area contributed by atoms with E-state index in [-0.39, 0.29) is 5.78 Å². The van der Waals surface area contributed by atoms with E-state index < -0.39 is 0 Å². The predicted octanol–water partition coefficient (Wildman–Crippen LogP) is 2.05. The summed E-state index contributed by atoms with van der Waals surface area (Å²) >= 11 is 0. The number of carbonyl (C=O) groups excluding carboxylic acids is 1. The van der Waals surface area contributed by atoms with Crippen molar-refractivity contribution in [2.24, 2.45) is 0 Å². The van der Waals surface area contributed by atoms with E-state index >= 15 is 0 Å². The first kappa shape index (κ1) is 15.0. The number of methoxy groups -OCH3 is 2. The molecule has 0 unspecified atom stereocenters. The smallest absolute Gasteiger partial charge is 0.166 e. The standard InChI is InChI=1S/C17H18NO3/c1-4-5-17(19)14-11-18(12-14)7-6-13-8-15(20-2)10-16(9-13)21-3/h4-5,8-10H,11-12H2,1-3H3/b5-4+. The summed E-state index contributed by atoms with van der Waals surface area (Å²) in [6.45, 7) is 3.05. The summed E-state index contributed by atoms with van der Waals surface area (Å²) in [5.41, 5.74) is 0.819. The van der Waals surface area contributed by atoms with E-state index in [9.17, 15) is 4.79 Å². The van der Waals surface area contributed by atoms with Crippen LogP contribution in [0.2, 0.25) is 0 Å². The molecule has 21 heavy (non-hydrogen) atoms. The minimum absolute atomic E-state index is 0.0959. The molecule has 1 aliphatic heterocycles. The van der Waals surface area contributed by atoms with Gasteiger partial charge in [0.05, 0.1) is 20.1 Å². The molecular weight excluding hydrogens is 266 g/mol. The molecule has 0 spiro atoms. The van der Waals surface area contributed by atoms with Crippen molar-refractivity contribution in [2.75, 3.05) is 27.3 Å². The Balaban J connectivity index is 2.00. The van der Waals surface area contributed by atoms with Crippen molar-refractivity contribution < 1.29 is 14.3 Å². The maximum atomic E-state index is 11.6. The normalized spacial score (nSPS) is 14.3. The van der Waals surface area contributed by atoms with Crippen molar-refractivity contribution in [3.8, 4) is 23.5 Å². The van der Waals surface area contributed by atoms with Gasteiger partial charge in [-0.3, -0.25) is 4.79 Å². The summed E-state index contributed by atoms with van der Waals surface area (Å²) in [7, 11) is 3.21. The Bertz CT molecular complexity index is 582. The van der Waals surface area contributed by atoms with E-state index in [1.54, 1.807) is 32.4 Å². The second-order valence-corrected chi connectivity index (χ2v) is 4.66. The van der Waals surface area contributed by atoms with Gasteiger partial charge in [-0.25, -0.2) is 0 Å². The zero-order valence-corrected chi connectivity index (χ0v) is 12.5. The molecule has 0 atom stereocenters. The number of hydrogen-bond acceptors (Lipinski definition) is 4. The number of benzene rings is 1. The molecule has 0 N–H and O–H groups in total. The molecule has 1 saturated heterocycles. The van der Waals surface area contributed by atoms with E-state index in [1.807, 2.05) is 24.0 Å².